The number of nitrogens with one attached hydrogen (secondary N) is 1. The molecule has 0 aliphatic rings. The Morgan fingerprint density at radius 3 is 2.48 bits per heavy atom. The Balaban J connectivity index is 2.09. The minimum absolute atomic E-state index is 0.314. The van der Waals surface area contributed by atoms with Gasteiger partial charge in [-0.05, 0) is 64.6 Å². The first-order chi connectivity index (χ1) is 10.1. The Hall–Kier alpha value is -1.51. The zero-order valence-electron chi connectivity index (χ0n) is 10.7. The minimum atomic E-state index is -0.437. The highest BCUT2D eigenvalue weighted by molar-refractivity contribution is 14.1. The number of fused-ring (bicyclic) bond motifs is 1. The molecule has 0 saturated carbocycles. The molecule has 1 heterocycles. The van der Waals surface area contributed by atoms with Crippen LogP contribution in [-0.4, -0.2) is 0 Å². The number of furan rings is 1. The van der Waals surface area contributed by atoms with Gasteiger partial charge in [0.2, 0.25) is 0 Å². The number of hydrogen-bond acceptors (Lipinski definition) is 3. The van der Waals surface area contributed by atoms with E-state index in [1.807, 2.05) is 22.6 Å². The summed E-state index contributed by atoms with van der Waals surface area (Å²) in [6.07, 6.45) is 0. The summed E-state index contributed by atoms with van der Waals surface area (Å²) in [6, 6.07) is 10.0. The van der Waals surface area contributed by atoms with E-state index in [0.29, 0.717) is 16.7 Å². The first kappa shape index (κ1) is 14.4. The first-order valence-electron chi connectivity index (χ1n) is 6.18. The van der Waals surface area contributed by atoms with E-state index in [0.717, 1.165) is 9.13 Å². The molecule has 3 N–H and O–H groups in total. The van der Waals surface area contributed by atoms with Crippen LogP contribution in [0.25, 0.3) is 11.0 Å². The zero-order chi connectivity index (χ0) is 15.0. The number of hydrazine groups is 1. The molecule has 3 nitrogen and oxygen atoms in total. The quantitative estimate of drug-likeness (QED) is 0.399. The average molecular weight is 400 g/mol. The molecule has 3 rings (SSSR count). The van der Waals surface area contributed by atoms with E-state index in [2.05, 4.69) is 5.43 Å². The third kappa shape index (κ3) is 2.78. The van der Waals surface area contributed by atoms with Crippen LogP contribution in [0.2, 0.25) is 0 Å². The van der Waals surface area contributed by atoms with E-state index in [1.54, 1.807) is 18.2 Å². The molecule has 3 aromatic rings. The van der Waals surface area contributed by atoms with Gasteiger partial charge in [-0.3, -0.25) is 5.84 Å². The molecule has 0 bridgehead atoms. The maximum absolute atomic E-state index is 13.2. The molecule has 0 radical (unpaired) electrons. The van der Waals surface area contributed by atoms with Crippen molar-refractivity contribution in [3.63, 3.8) is 0 Å². The molecule has 0 fully saturated rings. The van der Waals surface area contributed by atoms with Gasteiger partial charge in [-0.25, -0.2) is 14.2 Å². The van der Waals surface area contributed by atoms with Gasteiger partial charge < -0.3 is 4.42 Å². The molecular weight excluding hydrogens is 389 g/mol. The molecule has 0 aliphatic carbocycles. The maximum Gasteiger partial charge on any atom is 0.134 e. The van der Waals surface area contributed by atoms with Gasteiger partial charge in [0.15, 0.2) is 0 Å². The first-order valence-corrected chi connectivity index (χ1v) is 7.26. The van der Waals surface area contributed by atoms with Crippen LogP contribution >= 0.6 is 22.6 Å². The summed E-state index contributed by atoms with van der Waals surface area (Å²) < 4.78 is 32.9. The molecule has 1 unspecified atom stereocenters. The van der Waals surface area contributed by atoms with Gasteiger partial charge in [-0.15, -0.1) is 0 Å². The lowest BCUT2D eigenvalue weighted by Crippen LogP contribution is -2.29. The van der Waals surface area contributed by atoms with Crippen molar-refractivity contribution in [3.8, 4) is 0 Å². The molecule has 2 aromatic carbocycles. The van der Waals surface area contributed by atoms with Gasteiger partial charge >= 0.3 is 0 Å². The summed E-state index contributed by atoms with van der Waals surface area (Å²) in [6.45, 7) is 0. The summed E-state index contributed by atoms with van der Waals surface area (Å²) in [4.78, 5) is 0. The summed E-state index contributed by atoms with van der Waals surface area (Å²) in [7, 11) is 0. The molecule has 1 aromatic heterocycles. The van der Waals surface area contributed by atoms with Gasteiger partial charge in [0.25, 0.3) is 0 Å². The average Bonchev–Trinajstić information content (AvgIpc) is 2.84. The van der Waals surface area contributed by atoms with Crippen LogP contribution in [-0.2, 0) is 0 Å². The fourth-order valence-corrected chi connectivity index (χ4v) is 3.03. The molecule has 1 atom stereocenters. The summed E-state index contributed by atoms with van der Waals surface area (Å²) in [5.41, 5.74) is 4.02. The van der Waals surface area contributed by atoms with Crippen LogP contribution in [0.5, 0.6) is 0 Å². The van der Waals surface area contributed by atoms with Crippen LogP contribution in [0.15, 0.2) is 46.9 Å². The van der Waals surface area contributed by atoms with Crippen molar-refractivity contribution in [2.24, 2.45) is 5.84 Å². The van der Waals surface area contributed by atoms with Crippen molar-refractivity contribution in [1.82, 2.24) is 5.43 Å². The van der Waals surface area contributed by atoms with Gasteiger partial charge in [0, 0.05) is 8.96 Å². The van der Waals surface area contributed by atoms with Crippen LogP contribution in [0.1, 0.15) is 17.4 Å². The largest absolute Gasteiger partial charge is 0.459 e. The van der Waals surface area contributed by atoms with E-state index in [1.165, 1.54) is 24.3 Å². The van der Waals surface area contributed by atoms with Crippen LogP contribution in [0, 0.1) is 15.2 Å². The molecule has 21 heavy (non-hydrogen) atoms. The van der Waals surface area contributed by atoms with Crippen LogP contribution in [0.4, 0.5) is 8.78 Å². The Bertz CT molecular complexity index is 803. The van der Waals surface area contributed by atoms with E-state index in [4.69, 9.17) is 10.3 Å². The molecule has 6 heteroatoms. The van der Waals surface area contributed by atoms with E-state index in [9.17, 15) is 8.78 Å². The lowest BCUT2D eigenvalue weighted by atomic mass is 10.0. The standard InChI is InChI=1S/C15H11F2IN2O/c16-9-2-4-13-8(5-9)6-14(21-13)15(20-19)11-3-1-10(17)7-12(11)18/h1-7,15,20H,19H2. The van der Waals surface area contributed by atoms with Crippen molar-refractivity contribution >= 4 is 33.6 Å². The van der Waals surface area contributed by atoms with Gasteiger partial charge in [0.1, 0.15) is 29.0 Å². The van der Waals surface area contributed by atoms with Crippen molar-refractivity contribution in [2.75, 3.05) is 0 Å². The Morgan fingerprint density at radius 1 is 1.05 bits per heavy atom. The topological polar surface area (TPSA) is 51.2 Å². The number of benzene rings is 2. The third-order valence-corrected chi connectivity index (χ3v) is 4.16. The second kappa shape index (κ2) is 5.70. The molecule has 0 aliphatic heterocycles. The fraction of sp³-hybridized carbons (Fsp3) is 0.0667. The normalized spacial score (nSPS) is 12.8. The third-order valence-electron chi connectivity index (χ3n) is 3.22. The van der Waals surface area contributed by atoms with E-state index in [-0.39, 0.29) is 11.6 Å². The van der Waals surface area contributed by atoms with Crippen molar-refractivity contribution in [3.05, 3.63) is 69.0 Å². The summed E-state index contributed by atoms with van der Waals surface area (Å²) in [5.74, 6) is 5.51. The monoisotopic (exact) mass is 400 g/mol. The summed E-state index contributed by atoms with van der Waals surface area (Å²) >= 11 is 2.04. The second-order valence-electron chi connectivity index (χ2n) is 4.60. The number of halogens is 3. The number of rotatable bonds is 3. The fourth-order valence-electron chi connectivity index (χ4n) is 2.24. The number of nitrogens with two attached hydrogens (primary N) is 1. The second-order valence-corrected chi connectivity index (χ2v) is 5.76. The smallest absolute Gasteiger partial charge is 0.134 e. The lowest BCUT2D eigenvalue weighted by molar-refractivity contribution is 0.475. The highest BCUT2D eigenvalue weighted by Gasteiger charge is 2.20. The lowest BCUT2D eigenvalue weighted by Gasteiger charge is -2.15. The van der Waals surface area contributed by atoms with Gasteiger partial charge in [0.05, 0.1) is 0 Å². The highest BCUT2D eigenvalue weighted by Crippen LogP contribution is 2.30. The van der Waals surface area contributed by atoms with Crippen molar-refractivity contribution in [2.45, 2.75) is 6.04 Å². The zero-order valence-corrected chi connectivity index (χ0v) is 12.9. The SMILES string of the molecule is NNC(c1cc2cc(F)ccc2o1)c1ccc(F)cc1I. The predicted molar refractivity (Wildman–Crippen MR) is 84.5 cm³/mol. The molecule has 0 amide bonds. The van der Waals surface area contributed by atoms with Gasteiger partial charge in [-0.2, -0.15) is 0 Å². The Labute approximate surface area is 133 Å². The highest BCUT2D eigenvalue weighted by atomic mass is 127. The number of hydrogen-bond donors (Lipinski definition) is 2. The summed E-state index contributed by atoms with van der Waals surface area (Å²) in [5, 5.41) is 0.655. The molecule has 108 valence electrons. The molecule has 0 spiro atoms. The Kier molecular flexibility index (Phi) is 3.92. The van der Waals surface area contributed by atoms with Crippen molar-refractivity contribution < 1.29 is 13.2 Å². The molecular formula is C15H11F2IN2O. The maximum atomic E-state index is 13.2. The van der Waals surface area contributed by atoms with Crippen molar-refractivity contribution in [1.29, 1.82) is 0 Å². The van der Waals surface area contributed by atoms with Gasteiger partial charge in [-0.1, -0.05) is 6.07 Å². The predicted octanol–water partition coefficient (Wildman–Crippen LogP) is 3.87. The minimum Gasteiger partial charge on any atom is -0.459 e. The Morgan fingerprint density at radius 2 is 1.76 bits per heavy atom. The molecule has 0 saturated heterocycles. The van der Waals surface area contributed by atoms with E-state index >= 15 is 0 Å². The van der Waals surface area contributed by atoms with E-state index < -0.39 is 6.04 Å². The van der Waals surface area contributed by atoms with Crippen LogP contribution < -0.4 is 11.3 Å². The van der Waals surface area contributed by atoms with Crippen LogP contribution in [0.3, 0.4) is 0 Å².